The fourth-order valence-corrected chi connectivity index (χ4v) is 1.63. The van der Waals surface area contributed by atoms with E-state index in [9.17, 15) is 0 Å². The second kappa shape index (κ2) is 4.87. The van der Waals surface area contributed by atoms with Crippen LogP contribution in [0.5, 0.6) is 11.6 Å². The Morgan fingerprint density at radius 2 is 1.75 bits per heavy atom. The van der Waals surface area contributed by atoms with Crippen LogP contribution in [-0.4, -0.2) is 9.97 Å². The predicted octanol–water partition coefficient (Wildman–Crippen LogP) is 4.23. The van der Waals surface area contributed by atoms with Gasteiger partial charge in [-0.05, 0) is 18.2 Å². The van der Waals surface area contributed by atoms with Gasteiger partial charge in [-0.3, -0.25) is 0 Å². The Morgan fingerprint density at radius 3 is 2.44 bits per heavy atom. The van der Waals surface area contributed by atoms with Crippen molar-refractivity contribution in [1.29, 1.82) is 0 Å². The third-order valence-electron chi connectivity index (χ3n) is 1.72. The van der Waals surface area contributed by atoms with E-state index >= 15 is 0 Å². The Balaban J connectivity index is 2.31. The van der Waals surface area contributed by atoms with Gasteiger partial charge in [-0.25, -0.2) is 9.97 Å². The Labute approximate surface area is 107 Å². The van der Waals surface area contributed by atoms with Crippen LogP contribution < -0.4 is 4.74 Å². The first-order chi connectivity index (χ1) is 7.66. The molecule has 0 atom stereocenters. The molecule has 0 spiro atoms. The van der Waals surface area contributed by atoms with Crippen LogP contribution in [0.15, 0.2) is 30.6 Å². The molecule has 1 heterocycles. The molecule has 1 aromatic carbocycles. The highest BCUT2D eigenvalue weighted by Gasteiger charge is 2.08. The van der Waals surface area contributed by atoms with E-state index in [4.69, 9.17) is 39.5 Å². The van der Waals surface area contributed by atoms with Crippen molar-refractivity contribution < 1.29 is 4.74 Å². The molecule has 2 rings (SSSR count). The zero-order chi connectivity index (χ0) is 11.5. The SMILES string of the molecule is Clc1ccc(Oc2nccnc2Cl)c(Cl)c1. The predicted molar refractivity (Wildman–Crippen MR) is 63.6 cm³/mol. The van der Waals surface area contributed by atoms with Crippen molar-refractivity contribution in [2.75, 3.05) is 0 Å². The van der Waals surface area contributed by atoms with Crippen molar-refractivity contribution in [3.63, 3.8) is 0 Å². The van der Waals surface area contributed by atoms with Crippen LogP contribution in [0.2, 0.25) is 15.2 Å². The zero-order valence-electron chi connectivity index (χ0n) is 7.82. The second-order valence-corrected chi connectivity index (χ2v) is 4.03. The van der Waals surface area contributed by atoms with Crippen LogP contribution in [0, 0.1) is 0 Å². The quantitative estimate of drug-likeness (QED) is 0.822. The molecule has 2 aromatic rings. The molecule has 0 aliphatic rings. The lowest BCUT2D eigenvalue weighted by molar-refractivity contribution is 0.460. The first kappa shape index (κ1) is 11.5. The Morgan fingerprint density at radius 1 is 1.00 bits per heavy atom. The number of ether oxygens (including phenoxy) is 1. The molecule has 0 saturated carbocycles. The summed E-state index contributed by atoms with van der Waals surface area (Å²) < 4.78 is 5.40. The van der Waals surface area contributed by atoms with Gasteiger partial charge in [-0.2, -0.15) is 0 Å². The van der Waals surface area contributed by atoms with E-state index in [1.54, 1.807) is 18.2 Å². The van der Waals surface area contributed by atoms with Gasteiger partial charge < -0.3 is 4.74 Å². The summed E-state index contributed by atoms with van der Waals surface area (Å²) in [5, 5.41) is 1.09. The van der Waals surface area contributed by atoms with Crippen LogP contribution in [0.25, 0.3) is 0 Å². The summed E-state index contributed by atoms with van der Waals surface area (Å²) in [6.45, 7) is 0. The summed E-state index contributed by atoms with van der Waals surface area (Å²) in [4.78, 5) is 7.76. The summed E-state index contributed by atoms with van der Waals surface area (Å²) in [6.07, 6.45) is 2.95. The van der Waals surface area contributed by atoms with E-state index in [-0.39, 0.29) is 11.0 Å². The molecular formula is C10H5Cl3N2O. The van der Waals surface area contributed by atoms with E-state index in [0.717, 1.165) is 0 Å². The summed E-state index contributed by atoms with van der Waals surface area (Å²) in [7, 11) is 0. The molecule has 0 amide bonds. The van der Waals surface area contributed by atoms with E-state index in [2.05, 4.69) is 9.97 Å². The van der Waals surface area contributed by atoms with Gasteiger partial charge in [0.1, 0.15) is 5.75 Å². The lowest BCUT2D eigenvalue weighted by atomic mass is 10.3. The van der Waals surface area contributed by atoms with Crippen LogP contribution in [0.4, 0.5) is 0 Å². The summed E-state index contributed by atoms with van der Waals surface area (Å²) in [5.74, 6) is 0.627. The van der Waals surface area contributed by atoms with Gasteiger partial charge in [0, 0.05) is 17.4 Å². The molecule has 0 fully saturated rings. The molecule has 1 aromatic heterocycles. The average molecular weight is 276 g/mol. The van der Waals surface area contributed by atoms with Crippen LogP contribution in [0.3, 0.4) is 0 Å². The van der Waals surface area contributed by atoms with Crippen LogP contribution in [0.1, 0.15) is 0 Å². The average Bonchev–Trinajstić information content (AvgIpc) is 2.25. The molecule has 0 N–H and O–H groups in total. The molecular weight excluding hydrogens is 270 g/mol. The topological polar surface area (TPSA) is 35.0 Å². The largest absolute Gasteiger partial charge is 0.435 e. The first-order valence-corrected chi connectivity index (χ1v) is 5.39. The van der Waals surface area contributed by atoms with Crippen molar-refractivity contribution in [2.24, 2.45) is 0 Å². The lowest BCUT2D eigenvalue weighted by Gasteiger charge is -2.06. The fraction of sp³-hybridized carbons (Fsp3) is 0. The van der Waals surface area contributed by atoms with E-state index in [1.165, 1.54) is 12.4 Å². The Hall–Kier alpha value is -1.03. The molecule has 0 unspecified atom stereocenters. The normalized spacial score (nSPS) is 10.2. The minimum Gasteiger partial charge on any atom is -0.435 e. The maximum absolute atomic E-state index is 5.93. The van der Waals surface area contributed by atoms with Crippen LogP contribution >= 0.6 is 34.8 Å². The minimum absolute atomic E-state index is 0.175. The first-order valence-electron chi connectivity index (χ1n) is 4.26. The smallest absolute Gasteiger partial charge is 0.257 e. The summed E-state index contributed by atoms with van der Waals surface area (Å²) in [6, 6.07) is 4.87. The zero-order valence-corrected chi connectivity index (χ0v) is 10.1. The van der Waals surface area contributed by atoms with Crippen LogP contribution in [-0.2, 0) is 0 Å². The molecule has 0 saturated heterocycles. The highest BCUT2D eigenvalue weighted by Crippen LogP contribution is 2.32. The van der Waals surface area contributed by atoms with E-state index in [0.29, 0.717) is 15.8 Å². The standard InChI is InChI=1S/C10H5Cl3N2O/c11-6-1-2-8(7(12)5-6)16-10-9(13)14-3-4-15-10/h1-5H. The number of hydrogen-bond donors (Lipinski definition) is 0. The molecule has 3 nitrogen and oxygen atoms in total. The molecule has 0 bridgehead atoms. The number of halogens is 3. The van der Waals surface area contributed by atoms with Gasteiger partial charge in [0.15, 0.2) is 5.15 Å². The summed E-state index contributed by atoms with van der Waals surface area (Å²) >= 11 is 17.5. The van der Waals surface area contributed by atoms with Crippen molar-refractivity contribution in [3.8, 4) is 11.6 Å². The minimum atomic E-state index is 0.175. The Kier molecular flexibility index (Phi) is 3.49. The third kappa shape index (κ3) is 2.55. The maximum atomic E-state index is 5.93. The van der Waals surface area contributed by atoms with E-state index < -0.39 is 0 Å². The van der Waals surface area contributed by atoms with Crippen molar-refractivity contribution in [2.45, 2.75) is 0 Å². The van der Waals surface area contributed by atoms with Gasteiger partial charge in [0.2, 0.25) is 0 Å². The summed E-state index contributed by atoms with van der Waals surface area (Å²) in [5.41, 5.74) is 0. The monoisotopic (exact) mass is 274 g/mol. The molecule has 0 aliphatic carbocycles. The molecule has 0 aliphatic heterocycles. The number of hydrogen-bond acceptors (Lipinski definition) is 3. The third-order valence-corrected chi connectivity index (χ3v) is 2.51. The highest BCUT2D eigenvalue weighted by molar-refractivity contribution is 6.35. The number of benzene rings is 1. The van der Waals surface area contributed by atoms with E-state index in [1.807, 2.05) is 0 Å². The van der Waals surface area contributed by atoms with Gasteiger partial charge in [-0.1, -0.05) is 34.8 Å². The van der Waals surface area contributed by atoms with Crippen molar-refractivity contribution in [3.05, 3.63) is 45.8 Å². The maximum Gasteiger partial charge on any atom is 0.257 e. The molecule has 6 heteroatoms. The lowest BCUT2D eigenvalue weighted by Crippen LogP contribution is -1.90. The molecule has 82 valence electrons. The van der Waals surface area contributed by atoms with Crippen molar-refractivity contribution >= 4 is 34.8 Å². The fourth-order valence-electron chi connectivity index (χ4n) is 1.04. The number of rotatable bonds is 2. The highest BCUT2D eigenvalue weighted by atomic mass is 35.5. The molecule has 16 heavy (non-hydrogen) atoms. The van der Waals surface area contributed by atoms with Gasteiger partial charge in [0.25, 0.3) is 5.88 Å². The molecule has 0 radical (unpaired) electrons. The number of aromatic nitrogens is 2. The van der Waals surface area contributed by atoms with Gasteiger partial charge in [0.05, 0.1) is 5.02 Å². The number of nitrogens with zero attached hydrogens (tertiary/aromatic N) is 2. The van der Waals surface area contributed by atoms with Gasteiger partial charge in [-0.15, -0.1) is 0 Å². The van der Waals surface area contributed by atoms with Gasteiger partial charge >= 0.3 is 0 Å². The second-order valence-electron chi connectivity index (χ2n) is 2.83. The van der Waals surface area contributed by atoms with Crippen molar-refractivity contribution in [1.82, 2.24) is 9.97 Å². The Bertz CT molecular complexity index is 519.